The number of rotatable bonds is 8. The molecule has 0 saturated heterocycles. The topological polar surface area (TPSA) is 89.8 Å². The van der Waals surface area contributed by atoms with E-state index in [2.05, 4.69) is 5.32 Å². The van der Waals surface area contributed by atoms with Crippen LogP contribution in [0.3, 0.4) is 0 Å². The molecule has 1 amide bonds. The Morgan fingerprint density at radius 1 is 1.00 bits per heavy atom. The smallest absolute Gasteiger partial charge is 0.254 e. The molecule has 4 aliphatic carbocycles. The van der Waals surface area contributed by atoms with Crippen molar-refractivity contribution in [1.29, 1.82) is 0 Å². The van der Waals surface area contributed by atoms with Crippen LogP contribution in [0.2, 0.25) is 0 Å². The Morgan fingerprint density at radius 3 is 2.23 bits per heavy atom. The van der Waals surface area contributed by atoms with Crippen LogP contribution in [0.4, 0.5) is 4.39 Å². The molecule has 43 heavy (non-hydrogen) atoms. The van der Waals surface area contributed by atoms with E-state index in [1.165, 1.54) is 22.8 Å². The lowest BCUT2D eigenvalue weighted by Crippen LogP contribution is -2.61. The number of hydrogen-bond acceptors (Lipinski definition) is 5. The van der Waals surface area contributed by atoms with Gasteiger partial charge in [-0.1, -0.05) is 6.07 Å². The number of carbonyl (C=O) groups excluding carboxylic acids is 1. The van der Waals surface area contributed by atoms with Crippen LogP contribution >= 0.6 is 0 Å². The van der Waals surface area contributed by atoms with Gasteiger partial charge in [-0.25, -0.2) is 4.39 Å². The number of hydrogen-bond donors (Lipinski definition) is 2. The van der Waals surface area contributed by atoms with Crippen LogP contribution in [0.5, 0.6) is 17.2 Å². The number of aromatic nitrogens is 1. The molecular formula is C35H41FN2O5. The third-order valence-corrected chi connectivity index (χ3v) is 9.63. The molecule has 2 N–H and O–H groups in total. The second-order valence-corrected chi connectivity index (χ2v) is 13.6. The first-order valence-electron chi connectivity index (χ1n) is 15.3. The molecule has 0 spiro atoms. The third-order valence-electron chi connectivity index (χ3n) is 9.63. The van der Waals surface area contributed by atoms with Gasteiger partial charge in [0, 0.05) is 41.9 Å². The molecule has 0 radical (unpaired) electrons. The quantitative estimate of drug-likeness (QED) is 0.316. The van der Waals surface area contributed by atoms with Crippen molar-refractivity contribution in [1.82, 2.24) is 9.88 Å². The summed E-state index contributed by atoms with van der Waals surface area (Å²) in [5.41, 5.74) is 1.87. The fraction of sp³-hybridized carbons (Fsp3) is 0.486. The summed E-state index contributed by atoms with van der Waals surface area (Å²) < 4.78 is 28.5. The zero-order chi connectivity index (χ0) is 30.7. The fourth-order valence-electron chi connectivity index (χ4n) is 6.89. The van der Waals surface area contributed by atoms with Gasteiger partial charge >= 0.3 is 0 Å². The van der Waals surface area contributed by atoms with Crippen LogP contribution < -0.4 is 20.3 Å². The van der Waals surface area contributed by atoms with E-state index in [1.807, 2.05) is 6.07 Å². The fourth-order valence-corrected chi connectivity index (χ4v) is 6.89. The van der Waals surface area contributed by atoms with Crippen LogP contribution in [0.15, 0.2) is 47.4 Å². The zero-order valence-electron chi connectivity index (χ0n) is 25.6. The highest BCUT2D eigenvalue weighted by Crippen LogP contribution is 2.64. The van der Waals surface area contributed by atoms with Crippen molar-refractivity contribution >= 4 is 5.91 Å². The second kappa shape index (κ2) is 10.8. The summed E-state index contributed by atoms with van der Waals surface area (Å²) in [4.78, 5) is 25.6. The maximum absolute atomic E-state index is 14.0. The second-order valence-electron chi connectivity index (χ2n) is 13.6. The number of pyridine rings is 1. The van der Waals surface area contributed by atoms with Crippen LogP contribution in [0.25, 0.3) is 11.1 Å². The number of amides is 1. The highest BCUT2D eigenvalue weighted by molar-refractivity contribution is 5.86. The first-order chi connectivity index (χ1) is 20.3. The molecule has 7 rings (SSSR count). The zero-order valence-corrected chi connectivity index (χ0v) is 25.6. The molecule has 3 aromatic rings. The minimum absolute atomic E-state index is 0.0839. The van der Waals surface area contributed by atoms with E-state index in [0.29, 0.717) is 45.1 Å². The number of aliphatic hydroxyl groups is 1. The minimum Gasteiger partial charge on any atom is -0.490 e. The first-order valence-corrected chi connectivity index (χ1v) is 15.3. The molecule has 4 aliphatic rings. The molecule has 228 valence electrons. The number of carbonyl (C=O) groups is 1. The Hall–Kier alpha value is -3.65. The molecule has 0 unspecified atom stereocenters. The van der Waals surface area contributed by atoms with Gasteiger partial charge in [-0.2, -0.15) is 0 Å². The van der Waals surface area contributed by atoms with Crippen molar-refractivity contribution in [2.45, 2.75) is 90.4 Å². The van der Waals surface area contributed by atoms with Gasteiger partial charge in [-0.15, -0.1) is 0 Å². The number of nitrogens with one attached hydrogen (secondary N) is 1. The van der Waals surface area contributed by atoms with Gasteiger partial charge in [0.25, 0.3) is 5.56 Å². The van der Waals surface area contributed by atoms with Crippen molar-refractivity contribution in [3.05, 3.63) is 75.5 Å². The van der Waals surface area contributed by atoms with Gasteiger partial charge in [-0.3, -0.25) is 9.59 Å². The summed E-state index contributed by atoms with van der Waals surface area (Å²) >= 11 is 0. The van der Waals surface area contributed by atoms with E-state index in [4.69, 9.17) is 9.47 Å². The summed E-state index contributed by atoms with van der Waals surface area (Å²) in [5, 5.41) is 14.1. The summed E-state index contributed by atoms with van der Waals surface area (Å²) in [7, 11) is 1.68. The lowest BCUT2D eigenvalue weighted by molar-refractivity contribution is -0.166. The van der Waals surface area contributed by atoms with Gasteiger partial charge in [0.1, 0.15) is 23.1 Å². The Morgan fingerprint density at radius 2 is 1.65 bits per heavy atom. The highest BCUT2D eigenvalue weighted by Gasteiger charge is 2.61. The molecule has 1 heterocycles. The van der Waals surface area contributed by atoms with Crippen LogP contribution in [-0.4, -0.2) is 27.7 Å². The molecule has 4 fully saturated rings. The average Bonchev–Trinajstić information content (AvgIpc) is 2.87. The number of ether oxygens (including phenoxy) is 2. The maximum atomic E-state index is 14.0. The first kappa shape index (κ1) is 29.4. The van der Waals surface area contributed by atoms with Crippen molar-refractivity contribution in [3.8, 4) is 28.4 Å². The van der Waals surface area contributed by atoms with E-state index in [-0.39, 0.29) is 34.8 Å². The molecule has 4 saturated carbocycles. The lowest BCUT2D eigenvalue weighted by atomic mass is 9.44. The van der Waals surface area contributed by atoms with Gasteiger partial charge in [0.05, 0.1) is 11.7 Å². The molecule has 0 aliphatic heterocycles. The predicted octanol–water partition coefficient (Wildman–Crippen LogP) is 6.43. The van der Waals surface area contributed by atoms with Crippen molar-refractivity contribution in [2.24, 2.45) is 18.4 Å². The normalized spacial score (nSPS) is 24.5. The van der Waals surface area contributed by atoms with Crippen LogP contribution in [-0.2, 0) is 17.4 Å². The lowest BCUT2D eigenvalue weighted by Gasteiger charge is -2.60. The largest absolute Gasteiger partial charge is 0.490 e. The number of aryl methyl sites for hydroxylation is 3. The monoisotopic (exact) mass is 588 g/mol. The highest BCUT2D eigenvalue weighted by atomic mass is 19.1. The van der Waals surface area contributed by atoms with Gasteiger partial charge < -0.3 is 24.5 Å². The Labute approximate surface area is 252 Å². The molecule has 2 bridgehead atoms. The molecular weight excluding hydrogens is 547 g/mol. The van der Waals surface area contributed by atoms with Crippen LogP contribution in [0, 0.1) is 31.0 Å². The Balaban J connectivity index is 1.29. The van der Waals surface area contributed by atoms with Crippen molar-refractivity contribution in [3.63, 3.8) is 0 Å². The van der Waals surface area contributed by atoms with Crippen molar-refractivity contribution < 1.29 is 23.8 Å². The molecule has 0 atom stereocenters. The summed E-state index contributed by atoms with van der Waals surface area (Å²) in [6, 6.07) is 9.96. The van der Waals surface area contributed by atoms with Gasteiger partial charge in [0.15, 0.2) is 0 Å². The SMILES string of the molecule is Cc1cc(F)cc(C)c1Oc1ccc(C(C)(C)O)cc1-c1cn(C)c(=O)cc1OC1CCC(NC(=O)C23CC(C2)C3)CC1. The Bertz CT molecular complexity index is 1590. The predicted molar refractivity (Wildman–Crippen MR) is 163 cm³/mol. The summed E-state index contributed by atoms with van der Waals surface area (Å²) in [6.45, 7) is 7.02. The number of halogens is 1. The maximum Gasteiger partial charge on any atom is 0.254 e. The average molecular weight is 589 g/mol. The van der Waals surface area contributed by atoms with Crippen molar-refractivity contribution in [2.75, 3.05) is 0 Å². The molecule has 1 aromatic heterocycles. The van der Waals surface area contributed by atoms with Gasteiger partial charge in [0.2, 0.25) is 5.91 Å². The minimum atomic E-state index is -1.13. The van der Waals surface area contributed by atoms with E-state index in [0.717, 1.165) is 50.9 Å². The van der Waals surface area contributed by atoms with E-state index in [1.54, 1.807) is 53.1 Å². The van der Waals surface area contributed by atoms with E-state index < -0.39 is 5.60 Å². The molecule has 7 nitrogen and oxygen atoms in total. The molecule has 2 aromatic carbocycles. The summed E-state index contributed by atoms with van der Waals surface area (Å²) in [5.74, 6) is 2.14. The van der Waals surface area contributed by atoms with Gasteiger partial charge in [-0.05, 0) is 120 Å². The number of benzene rings is 2. The van der Waals surface area contributed by atoms with Crippen LogP contribution in [0.1, 0.15) is 75.5 Å². The third kappa shape index (κ3) is 5.69. The summed E-state index contributed by atoms with van der Waals surface area (Å²) in [6.07, 6.45) is 7.92. The Kier molecular flexibility index (Phi) is 7.40. The molecule has 8 heteroatoms. The number of nitrogens with zero attached hydrogens (tertiary/aromatic N) is 1. The van der Waals surface area contributed by atoms with E-state index in [9.17, 15) is 19.1 Å². The standard InChI is InChI=1S/C35H41FN2O5/c1-20-12-24(36)13-21(2)32(20)43-29-11-6-23(34(3,4)41)14-27(29)28-19-38(5)31(39)15-30(28)42-26-9-7-25(8-10-26)37-33(40)35-16-22(17-35)18-35/h6,11-15,19,22,25-26,41H,7-10,16-18H2,1-5H3,(H,37,40). The van der Waals surface area contributed by atoms with E-state index >= 15 is 0 Å².